The first-order valence-corrected chi connectivity index (χ1v) is 4.73. The molecule has 2 N–H and O–H groups in total. The van der Waals surface area contributed by atoms with Crippen molar-refractivity contribution < 1.29 is 10.2 Å². The Bertz CT molecular complexity index is 107. The molecule has 0 bridgehead atoms. The van der Waals surface area contributed by atoms with E-state index in [-0.39, 0.29) is 0 Å². The fourth-order valence-electron chi connectivity index (χ4n) is 0.554. The molecule has 0 aromatic carbocycles. The van der Waals surface area contributed by atoms with Crippen LogP contribution in [0.15, 0.2) is 24.7 Å². The summed E-state index contributed by atoms with van der Waals surface area (Å²) in [5, 5.41) is 16.5. The fourth-order valence-corrected chi connectivity index (χ4v) is 1.36. The summed E-state index contributed by atoms with van der Waals surface area (Å²) in [6, 6.07) is 0. The minimum atomic E-state index is 0.907. The van der Waals surface area contributed by atoms with Crippen LogP contribution in [0.25, 0.3) is 0 Å². The van der Waals surface area contributed by atoms with Crippen molar-refractivity contribution in [3.8, 4) is 0 Å². The van der Waals surface area contributed by atoms with Crippen molar-refractivity contribution in [3.63, 3.8) is 0 Å². The number of aliphatic hydroxyl groups excluding tert-OH is 2. The van der Waals surface area contributed by atoms with Crippen LogP contribution in [0, 0.1) is 0 Å². The van der Waals surface area contributed by atoms with Crippen molar-refractivity contribution >= 4 is 11.8 Å². The summed E-state index contributed by atoms with van der Waals surface area (Å²) in [5.41, 5.74) is 0. The molecule has 0 fully saturated rings. The molecule has 0 rings (SSSR count). The predicted molar refractivity (Wildman–Crippen MR) is 50.1 cm³/mol. The first-order valence-electron chi connectivity index (χ1n) is 3.58. The van der Waals surface area contributed by atoms with Crippen LogP contribution in [-0.2, 0) is 0 Å². The number of thioether (sulfide) groups is 1. The highest BCUT2D eigenvalue weighted by molar-refractivity contribution is 7.99. The molecule has 0 aromatic heterocycles. The van der Waals surface area contributed by atoms with Crippen LogP contribution >= 0.6 is 11.8 Å². The number of hydrogen-bond donors (Lipinski definition) is 2. The molecule has 0 atom stereocenters. The molecule has 0 saturated heterocycles. The zero-order chi connectivity index (χ0) is 8.36. The molecule has 0 unspecified atom stereocenters. The topological polar surface area (TPSA) is 40.5 Å². The second-order valence-corrected chi connectivity index (χ2v) is 3.18. The van der Waals surface area contributed by atoms with Gasteiger partial charge in [0.15, 0.2) is 0 Å². The summed E-state index contributed by atoms with van der Waals surface area (Å²) < 4.78 is 0. The average molecular weight is 174 g/mol. The molecular formula is C8H14O2S. The van der Waals surface area contributed by atoms with Crippen molar-refractivity contribution in [2.45, 2.75) is 12.8 Å². The summed E-state index contributed by atoms with van der Waals surface area (Å²) in [6.07, 6.45) is 7.43. The third-order valence-corrected chi connectivity index (χ3v) is 2.12. The third-order valence-electron chi connectivity index (χ3n) is 1.07. The van der Waals surface area contributed by atoms with Gasteiger partial charge in [0, 0.05) is 0 Å². The highest BCUT2D eigenvalue weighted by Gasteiger charge is 1.84. The predicted octanol–water partition coefficient (Wildman–Crippen LogP) is 2.64. The number of hydrogen-bond acceptors (Lipinski definition) is 3. The molecular weight excluding hydrogens is 160 g/mol. The molecule has 3 heteroatoms. The monoisotopic (exact) mass is 174 g/mol. The van der Waals surface area contributed by atoms with Crippen LogP contribution in [0.1, 0.15) is 12.8 Å². The van der Waals surface area contributed by atoms with E-state index in [1.165, 1.54) is 0 Å². The lowest BCUT2D eigenvalue weighted by Gasteiger charge is -1.93. The van der Waals surface area contributed by atoms with Crippen LogP contribution in [0.2, 0.25) is 0 Å². The first kappa shape index (κ1) is 10.4. The zero-order valence-corrected chi connectivity index (χ0v) is 7.26. The van der Waals surface area contributed by atoms with Crippen molar-refractivity contribution in [2.24, 2.45) is 0 Å². The Labute approximate surface area is 71.6 Å². The minimum absolute atomic E-state index is 0.907. The van der Waals surface area contributed by atoms with E-state index in [0.717, 1.165) is 36.9 Å². The minimum Gasteiger partial charge on any atom is -0.516 e. The Balaban J connectivity index is 2.90. The summed E-state index contributed by atoms with van der Waals surface area (Å²) in [4.78, 5) is 0. The second-order valence-electron chi connectivity index (χ2n) is 1.96. The van der Waals surface area contributed by atoms with Gasteiger partial charge in [0.05, 0.1) is 12.5 Å². The maximum absolute atomic E-state index is 8.27. The van der Waals surface area contributed by atoms with Crippen molar-refractivity contribution in [1.82, 2.24) is 0 Å². The molecule has 0 radical (unpaired) electrons. The highest BCUT2D eigenvalue weighted by Crippen LogP contribution is 2.04. The van der Waals surface area contributed by atoms with Crippen molar-refractivity contribution in [3.05, 3.63) is 24.7 Å². The van der Waals surface area contributed by atoms with Gasteiger partial charge < -0.3 is 10.2 Å². The molecule has 0 aliphatic carbocycles. The van der Waals surface area contributed by atoms with Crippen LogP contribution in [0.4, 0.5) is 0 Å². The molecule has 11 heavy (non-hydrogen) atoms. The van der Waals surface area contributed by atoms with Gasteiger partial charge in [0.25, 0.3) is 0 Å². The Morgan fingerprint density at radius 1 is 0.909 bits per heavy atom. The van der Waals surface area contributed by atoms with E-state index in [9.17, 15) is 0 Å². The van der Waals surface area contributed by atoms with Crippen LogP contribution < -0.4 is 0 Å². The molecule has 0 heterocycles. The van der Waals surface area contributed by atoms with Gasteiger partial charge in [-0.3, -0.25) is 0 Å². The van der Waals surface area contributed by atoms with E-state index < -0.39 is 0 Å². The largest absolute Gasteiger partial charge is 0.516 e. The summed E-state index contributed by atoms with van der Waals surface area (Å²) in [6.45, 7) is 0. The van der Waals surface area contributed by atoms with E-state index in [4.69, 9.17) is 10.2 Å². The van der Waals surface area contributed by atoms with Gasteiger partial charge in [0.1, 0.15) is 0 Å². The highest BCUT2D eigenvalue weighted by atomic mass is 32.2. The summed E-state index contributed by atoms with van der Waals surface area (Å²) >= 11 is 1.81. The van der Waals surface area contributed by atoms with Gasteiger partial charge in [-0.25, -0.2) is 0 Å². The Morgan fingerprint density at radius 3 is 1.73 bits per heavy atom. The lowest BCUT2D eigenvalue weighted by Crippen LogP contribution is -1.79. The number of allylic oxidation sites excluding steroid dienone is 2. The first-order chi connectivity index (χ1) is 5.41. The molecule has 0 amide bonds. The smallest absolute Gasteiger partial charge is 0.0752 e. The lowest BCUT2D eigenvalue weighted by atomic mass is 10.5. The van der Waals surface area contributed by atoms with Gasteiger partial charge in [-0.2, -0.15) is 11.8 Å². The molecule has 0 spiro atoms. The summed E-state index contributed by atoms with van der Waals surface area (Å²) in [7, 11) is 0. The van der Waals surface area contributed by atoms with Gasteiger partial charge in [0.2, 0.25) is 0 Å². The van der Waals surface area contributed by atoms with Crippen LogP contribution in [0.5, 0.6) is 0 Å². The number of aliphatic hydroxyl groups is 2. The van der Waals surface area contributed by atoms with Crippen molar-refractivity contribution in [1.29, 1.82) is 0 Å². The van der Waals surface area contributed by atoms with Crippen molar-refractivity contribution in [2.75, 3.05) is 11.5 Å². The van der Waals surface area contributed by atoms with Gasteiger partial charge >= 0.3 is 0 Å². The Morgan fingerprint density at radius 2 is 1.36 bits per heavy atom. The maximum Gasteiger partial charge on any atom is 0.0752 e. The van der Waals surface area contributed by atoms with E-state index in [1.54, 1.807) is 12.2 Å². The standard InChI is InChI=1S/C8H14O2S/c9-5-1-3-7-11-8-4-2-6-10/h1-2,5-6,9-10H,3-4,7-8H2. The lowest BCUT2D eigenvalue weighted by molar-refractivity contribution is 0.471. The molecule has 0 aliphatic heterocycles. The maximum atomic E-state index is 8.27. The zero-order valence-electron chi connectivity index (χ0n) is 6.44. The van der Waals surface area contributed by atoms with Crippen LogP contribution in [0.3, 0.4) is 0 Å². The normalized spacial score (nSPS) is 11.6. The van der Waals surface area contributed by atoms with E-state index in [1.807, 2.05) is 11.8 Å². The quantitative estimate of drug-likeness (QED) is 0.480. The summed E-state index contributed by atoms with van der Waals surface area (Å²) in [5.74, 6) is 2.05. The average Bonchev–Trinajstić information content (AvgIpc) is 2.03. The molecule has 0 aliphatic rings. The molecule has 2 nitrogen and oxygen atoms in total. The van der Waals surface area contributed by atoms with Crippen LogP contribution in [-0.4, -0.2) is 21.7 Å². The SMILES string of the molecule is OC=CCCSCCC=CO. The second kappa shape index (κ2) is 9.43. The van der Waals surface area contributed by atoms with Gasteiger partial charge in [-0.05, 0) is 36.5 Å². The van der Waals surface area contributed by atoms with Gasteiger partial charge in [-0.15, -0.1) is 0 Å². The third kappa shape index (κ3) is 9.43. The molecule has 64 valence electrons. The van der Waals surface area contributed by atoms with Gasteiger partial charge in [-0.1, -0.05) is 0 Å². The molecule has 0 saturated carbocycles. The van der Waals surface area contributed by atoms with E-state index in [0.29, 0.717) is 0 Å². The van der Waals surface area contributed by atoms with E-state index >= 15 is 0 Å². The fraction of sp³-hybridized carbons (Fsp3) is 0.500. The number of rotatable bonds is 6. The Hall–Kier alpha value is -0.570. The molecule has 0 aromatic rings. The Kier molecular flexibility index (Phi) is 8.94. The van der Waals surface area contributed by atoms with E-state index in [2.05, 4.69) is 0 Å².